The van der Waals surface area contributed by atoms with Crippen LogP contribution in [0.4, 0.5) is 8.78 Å². The van der Waals surface area contributed by atoms with Crippen LogP contribution in [-0.2, 0) is 13.1 Å². The quantitative estimate of drug-likeness (QED) is 0.910. The summed E-state index contributed by atoms with van der Waals surface area (Å²) in [7, 11) is 0. The lowest BCUT2D eigenvalue weighted by molar-refractivity contribution is 0.174. The number of phenols is 1. The Bertz CT molecular complexity index is 676. The van der Waals surface area contributed by atoms with Gasteiger partial charge in [0.25, 0.3) is 0 Å². The van der Waals surface area contributed by atoms with E-state index in [2.05, 4.69) is 5.32 Å². The van der Waals surface area contributed by atoms with E-state index in [1.165, 1.54) is 6.07 Å². The molecule has 1 heterocycles. The standard InChI is InChI=1S/C15H13F2NO3/c16-11-1-2-12(17)9(3-11)6-18-7-10-4-14-15(5-13(10)19)21-8-20-14/h1-5,18-19H,6-8H2. The van der Waals surface area contributed by atoms with Crippen molar-refractivity contribution < 1.29 is 23.4 Å². The van der Waals surface area contributed by atoms with Gasteiger partial charge in [-0.05, 0) is 24.3 Å². The molecule has 110 valence electrons. The fourth-order valence-electron chi connectivity index (χ4n) is 2.13. The van der Waals surface area contributed by atoms with Gasteiger partial charge in [0.1, 0.15) is 17.4 Å². The molecule has 2 aromatic rings. The molecule has 0 fully saturated rings. The van der Waals surface area contributed by atoms with Crippen molar-refractivity contribution in [1.82, 2.24) is 5.32 Å². The zero-order valence-corrected chi connectivity index (χ0v) is 11.0. The summed E-state index contributed by atoms with van der Waals surface area (Å²) in [6.07, 6.45) is 0. The van der Waals surface area contributed by atoms with Crippen LogP contribution in [0.15, 0.2) is 30.3 Å². The Kier molecular flexibility index (Phi) is 3.62. The first-order valence-electron chi connectivity index (χ1n) is 6.39. The van der Waals surface area contributed by atoms with E-state index in [1.807, 2.05) is 0 Å². The molecule has 21 heavy (non-hydrogen) atoms. The van der Waals surface area contributed by atoms with Crippen LogP contribution >= 0.6 is 0 Å². The van der Waals surface area contributed by atoms with Gasteiger partial charge in [0.15, 0.2) is 11.5 Å². The normalized spacial score (nSPS) is 12.7. The van der Waals surface area contributed by atoms with Gasteiger partial charge in [-0.25, -0.2) is 8.78 Å². The summed E-state index contributed by atoms with van der Waals surface area (Å²) in [5.41, 5.74) is 0.825. The zero-order valence-electron chi connectivity index (χ0n) is 11.0. The third-order valence-corrected chi connectivity index (χ3v) is 3.21. The summed E-state index contributed by atoms with van der Waals surface area (Å²) in [5, 5.41) is 12.8. The minimum atomic E-state index is -0.487. The average molecular weight is 293 g/mol. The lowest BCUT2D eigenvalue weighted by atomic mass is 10.1. The first-order valence-corrected chi connectivity index (χ1v) is 6.39. The fraction of sp³-hybridized carbons (Fsp3) is 0.200. The smallest absolute Gasteiger partial charge is 0.231 e. The van der Waals surface area contributed by atoms with Gasteiger partial charge in [0, 0.05) is 30.3 Å². The van der Waals surface area contributed by atoms with Crippen molar-refractivity contribution in [3.63, 3.8) is 0 Å². The molecular weight excluding hydrogens is 280 g/mol. The van der Waals surface area contributed by atoms with E-state index in [9.17, 15) is 13.9 Å². The maximum absolute atomic E-state index is 13.5. The Hall–Kier alpha value is -2.34. The Balaban J connectivity index is 1.67. The number of phenolic OH excluding ortho intramolecular Hbond substituents is 1. The first-order chi connectivity index (χ1) is 10.1. The van der Waals surface area contributed by atoms with Crippen LogP contribution in [0.5, 0.6) is 17.2 Å². The van der Waals surface area contributed by atoms with Crippen molar-refractivity contribution in [2.45, 2.75) is 13.1 Å². The second-order valence-corrected chi connectivity index (χ2v) is 4.67. The van der Waals surface area contributed by atoms with Crippen LogP contribution in [0.3, 0.4) is 0 Å². The second kappa shape index (κ2) is 5.57. The zero-order chi connectivity index (χ0) is 14.8. The van der Waals surface area contributed by atoms with Crippen molar-refractivity contribution >= 4 is 0 Å². The molecular formula is C15H13F2NO3. The fourth-order valence-corrected chi connectivity index (χ4v) is 2.13. The third-order valence-electron chi connectivity index (χ3n) is 3.21. The largest absolute Gasteiger partial charge is 0.507 e. The van der Waals surface area contributed by atoms with E-state index in [4.69, 9.17) is 9.47 Å². The molecule has 2 aromatic carbocycles. The monoisotopic (exact) mass is 293 g/mol. The Morgan fingerprint density at radius 3 is 2.52 bits per heavy atom. The Labute approximate surface area is 119 Å². The SMILES string of the molecule is Oc1cc2c(cc1CNCc1cc(F)ccc1F)OCO2. The van der Waals surface area contributed by atoms with Crippen LogP contribution in [0, 0.1) is 11.6 Å². The summed E-state index contributed by atoms with van der Waals surface area (Å²) in [4.78, 5) is 0. The minimum absolute atomic E-state index is 0.0615. The van der Waals surface area contributed by atoms with Crippen molar-refractivity contribution in [2.24, 2.45) is 0 Å². The van der Waals surface area contributed by atoms with Crippen molar-refractivity contribution in [1.29, 1.82) is 0 Å². The van der Waals surface area contributed by atoms with E-state index < -0.39 is 11.6 Å². The molecule has 0 unspecified atom stereocenters. The number of halogens is 2. The molecule has 0 atom stereocenters. The summed E-state index contributed by atoms with van der Waals surface area (Å²) in [6.45, 7) is 0.566. The maximum atomic E-state index is 13.5. The molecule has 4 nitrogen and oxygen atoms in total. The molecule has 6 heteroatoms. The lowest BCUT2D eigenvalue weighted by Crippen LogP contribution is -2.14. The van der Waals surface area contributed by atoms with E-state index in [0.717, 1.165) is 18.2 Å². The number of rotatable bonds is 4. The molecule has 1 aliphatic heterocycles. The van der Waals surface area contributed by atoms with Gasteiger partial charge in [0.2, 0.25) is 6.79 Å². The van der Waals surface area contributed by atoms with Gasteiger partial charge in [-0.3, -0.25) is 0 Å². The Morgan fingerprint density at radius 1 is 1.00 bits per heavy atom. The number of fused-ring (bicyclic) bond motifs is 1. The molecule has 0 bridgehead atoms. The van der Waals surface area contributed by atoms with E-state index in [0.29, 0.717) is 23.6 Å². The third kappa shape index (κ3) is 2.90. The molecule has 0 radical (unpaired) electrons. The van der Waals surface area contributed by atoms with E-state index in [1.54, 1.807) is 6.07 Å². The molecule has 0 aromatic heterocycles. The van der Waals surface area contributed by atoms with Gasteiger partial charge in [0.05, 0.1) is 0 Å². The van der Waals surface area contributed by atoms with Gasteiger partial charge in [-0.1, -0.05) is 0 Å². The molecule has 0 aliphatic carbocycles. The molecule has 1 aliphatic rings. The molecule has 0 saturated carbocycles. The van der Waals surface area contributed by atoms with Crippen molar-refractivity contribution in [3.05, 3.63) is 53.1 Å². The molecule has 0 amide bonds. The summed E-state index contributed by atoms with van der Waals surface area (Å²) in [5.74, 6) is 0.151. The van der Waals surface area contributed by atoms with E-state index >= 15 is 0 Å². The number of ether oxygens (including phenoxy) is 2. The van der Waals surface area contributed by atoms with Crippen molar-refractivity contribution in [2.75, 3.05) is 6.79 Å². The van der Waals surface area contributed by atoms with Gasteiger partial charge < -0.3 is 19.9 Å². The number of nitrogens with one attached hydrogen (secondary N) is 1. The number of aromatic hydroxyl groups is 1. The highest BCUT2D eigenvalue weighted by Gasteiger charge is 2.16. The van der Waals surface area contributed by atoms with Crippen LogP contribution in [-0.4, -0.2) is 11.9 Å². The van der Waals surface area contributed by atoms with Gasteiger partial charge in [-0.2, -0.15) is 0 Å². The van der Waals surface area contributed by atoms with Gasteiger partial charge >= 0.3 is 0 Å². The number of hydrogen-bond donors (Lipinski definition) is 2. The molecule has 2 N–H and O–H groups in total. The molecule has 3 rings (SSSR count). The summed E-state index contributed by atoms with van der Waals surface area (Å²) < 4.78 is 36.9. The highest BCUT2D eigenvalue weighted by molar-refractivity contribution is 5.51. The predicted octanol–water partition coefficient (Wildman–Crippen LogP) is 2.69. The number of hydrogen-bond acceptors (Lipinski definition) is 4. The molecule has 0 saturated heterocycles. The second-order valence-electron chi connectivity index (χ2n) is 4.67. The van der Waals surface area contributed by atoms with Crippen molar-refractivity contribution in [3.8, 4) is 17.2 Å². The number of benzene rings is 2. The van der Waals surface area contributed by atoms with Crippen LogP contribution in [0.2, 0.25) is 0 Å². The van der Waals surface area contributed by atoms with Crippen LogP contribution in [0.25, 0.3) is 0 Å². The average Bonchev–Trinajstić information content (AvgIpc) is 2.90. The minimum Gasteiger partial charge on any atom is -0.507 e. The predicted molar refractivity (Wildman–Crippen MR) is 71.1 cm³/mol. The highest BCUT2D eigenvalue weighted by atomic mass is 19.1. The van der Waals surface area contributed by atoms with Gasteiger partial charge in [-0.15, -0.1) is 0 Å². The maximum Gasteiger partial charge on any atom is 0.231 e. The topological polar surface area (TPSA) is 50.7 Å². The molecule has 0 spiro atoms. The summed E-state index contributed by atoms with van der Waals surface area (Å²) in [6, 6.07) is 6.43. The lowest BCUT2D eigenvalue weighted by Gasteiger charge is -2.09. The first kappa shape index (κ1) is 13.6. The van der Waals surface area contributed by atoms with Crippen LogP contribution in [0.1, 0.15) is 11.1 Å². The van der Waals surface area contributed by atoms with E-state index in [-0.39, 0.29) is 24.7 Å². The highest BCUT2D eigenvalue weighted by Crippen LogP contribution is 2.37. The Morgan fingerprint density at radius 2 is 1.71 bits per heavy atom. The van der Waals surface area contributed by atoms with Crippen LogP contribution < -0.4 is 14.8 Å². The summed E-state index contributed by atoms with van der Waals surface area (Å²) >= 11 is 0.